The fourth-order valence-corrected chi connectivity index (χ4v) is 2.60. The fourth-order valence-electron chi connectivity index (χ4n) is 2.60. The number of esters is 1. The monoisotopic (exact) mass is 366 g/mol. The molecule has 2 atom stereocenters. The Bertz CT molecular complexity index is 490. The van der Waals surface area contributed by atoms with E-state index in [1.807, 2.05) is 58.0 Å². The molecule has 0 aliphatic heterocycles. The second-order valence-electron chi connectivity index (χ2n) is 6.87. The number of ether oxygens (including phenoxy) is 4. The van der Waals surface area contributed by atoms with E-state index in [4.69, 9.17) is 18.9 Å². The second-order valence-corrected chi connectivity index (χ2v) is 6.87. The first-order valence-corrected chi connectivity index (χ1v) is 9.48. The number of hydrogen-bond donors (Lipinski definition) is 0. The lowest BCUT2D eigenvalue weighted by atomic mass is 10.1. The number of carbonyl (C=O) groups is 1. The van der Waals surface area contributed by atoms with Crippen molar-refractivity contribution in [1.29, 1.82) is 0 Å². The quantitative estimate of drug-likeness (QED) is 0.398. The van der Waals surface area contributed by atoms with Gasteiger partial charge in [-0.1, -0.05) is 50.1 Å². The zero-order valence-electron chi connectivity index (χ0n) is 16.9. The van der Waals surface area contributed by atoms with Gasteiger partial charge in [-0.05, 0) is 39.7 Å². The number of rotatable bonds is 12. The van der Waals surface area contributed by atoms with Crippen molar-refractivity contribution in [1.82, 2.24) is 0 Å². The first kappa shape index (κ1) is 22.6. The van der Waals surface area contributed by atoms with Crippen LogP contribution in [0.5, 0.6) is 0 Å². The molecule has 1 aromatic rings. The predicted octanol–water partition coefficient (Wildman–Crippen LogP) is 4.65. The smallest absolute Gasteiger partial charge is 0.339 e. The summed E-state index contributed by atoms with van der Waals surface area (Å²) in [6.07, 6.45) is 0.954. The van der Waals surface area contributed by atoms with Crippen LogP contribution in [0.3, 0.4) is 0 Å². The van der Waals surface area contributed by atoms with E-state index in [0.717, 1.165) is 24.8 Å². The highest BCUT2D eigenvalue weighted by atomic mass is 16.7. The molecule has 0 saturated heterocycles. The zero-order chi connectivity index (χ0) is 19.5. The van der Waals surface area contributed by atoms with Crippen LogP contribution in [0, 0.1) is 0 Å². The van der Waals surface area contributed by atoms with Crippen LogP contribution in [0.4, 0.5) is 0 Å². The van der Waals surface area contributed by atoms with Crippen LogP contribution in [0.2, 0.25) is 0 Å². The minimum atomic E-state index is -0.808. The molecule has 0 radical (unpaired) electrons. The summed E-state index contributed by atoms with van der Waals surface area (Å²) in [6, 6.07) is 9.38. The number of carbonyl (C=O) groups excluding carboxylic acids is 1. The van der Waals surface area contributed by atoms with E-state index in [-0.39, 0.29) is 18.3 Å². The van der Waals surface area contributed by atoms with E-state index in [1.165, 1.54) is 7.11 Å². The molecular formula is C21H34O5. The van der Waals surface area contributed by atoms with Gasteiger partial charge in [-0.3, -0.25) is 0 Å². The molecule has 0 aromatic heterocycles. The van der Waals surface area contributed by atoms with Crippen molar-refractivity contribution in [2.45, 2.75) is 84.6 Å². The molecule has 148 valence electrons. The molecule has 0 aliphatic carbocycles. The fraction of sp³-hybridized carbons (Fsp3) is 0.667. The minimum absolute atomic E-state index is 0.0141. The Labute approximate surface area is 158 Å². The summed E-state index contributed by atoms with van der Waals surface area (Å²) in [4.78, 5) is 12.4. The third kappa shape index (κ3) is 7.85. The van der Waals surface area contributed by atoms with Crippen LogP contribution in [-0.2, 0) is 23.7 Å². The Morgan fingerprint density at radius 3 is 2.00 bits per heavy atom. The van der Waals surface area contributed by atoms with E-state index in [1.54, 1.807) is 0 Å². The average molecular weight is 366 g/mol. The maximum atomic E-state index is 12.4. The van der Waals surface area contributed by atoms with Crippen molar-refractivity contribution in [3.63, 3.8) is 0 Å². The van der Waals surface area contributed by atoms with Crippen molar-refractivity contribution in [2.24, 2.45) is 0 Å². The summed E-state index contributed by atoms with van der Waals surface area (Å²) < 4.78 is 23.1. The third-order valence-corrected chi connectivity index (χ3v) is 3.79. The molecule has 0 aliphatic rings. The summed E-state index contributed by atoms with van der Waals surface area (Å²) in [7, 11) is 1.37. The van der Waals surface area contributed by atoms with Gasteiger partial charge >= 0.3 is 5.97 Å². The molecule has 0 spiro atoms. The van der Waals surface area contributed by atoms with Gasteiger partial charge in [-0.15, -0.1) is 0 Å². The third-order valence-electron chi connectivity index (χ3n) is 3.79. The maximum absolute atomic E-state index is 12.4. The number of methoxy groups -OCH3 is 1. The summed E-state index contributed by atoms with van der Waals surface area (Å²) in [5.41, 5.74) is 0.758. The van der Waals surface area contributed by atoms with Gasteiger partial charge in [0.05, 0.1) is 19.3 Å². The highest BCUT2D eigenvalue weighted by Gasteiger charge is 2.32. The predicted molar refractivity (Wildman–Crippen MR) is 102 cm³/mol. The Hall–Kier alpha value is -1.43. The van der Waals surface area contributed by atoms with Crippen molar-refractivity contribution in [3.05, 3.63) is 35.9 Å². The Morgan fingerprint density at radius 1 is 0.962 bits per heavy atom. The van der Waals surface area contributed by atoms with Crippen LogP contribution in [0.15, 0.2) is 30.3 Å². The summed E-state index contributed by atoms with van der Waals surface area (Å²) >= 11 is 0. The molecule has 0 saturated carbocycles. The van der Waals surface area contributed by atoms with Gasteiger partial charge in [0.1, 0.15) is 6.10 Å². The van der Waals surface area contributed by atoms with Gasteiger partial charge < -0.3 is 18.9 Å². The molecule has 0 amide bonds. The highest BCUT2D eigenvalue weighted by Crippen LogP contribution is 2.26. The Morgan fingerprint density at radius 2 is 1.54 bits per heavy atom. The molecule has 1 aromatic carbocycles. The van der Waals surface area contributed by atoms with Gasteiger partial charge in [0.15, 0.2) is 12.4 Å². The second kappa shape index (κ2) is 12.0. The Balaban J connectivity index is 3.07. The summed E-state index contributed by atoms with van der Waals surface area (Å²) in [5, 5.41) is 0. The molecule has 0 bridgehead atoms. The summed E-state index contributed by atoms with van der Waals surface area (Å²) in [6.45, 7) is 9.96. The molecule has 5 nitrogen and oxygen atoms in total. The first-order chi connectivity index (χ1) is 12.4. The van der Waals surface area contributed by atoms with Crippen molar-refractivity contribution in [2.75, 3.05) is 7.11 Å². The number of benzene rings is 1. The van der Waals surface area contributed by atoms with Gasteiger partial charge in [0.25, 0.3) is 0 Å². The van der Waals surface area contributed by atoms with Crippen LogP contribution in [0.25, 0.3) is 0 Å². The van der Waals surface area contributed by atoms with Crippen molar-refractivity contribution in [3.8, 4) is 0 Å². The molecular weight excluding hydrogens is 332 g/mol. The van der Waals surface area contributed by atoms with E-state index in [2.05, 4.69) is 6.92 Å². The van der Waals surface area contributed by atoms with E-state index in [0.29, 0.717) is 0 Å². The van der Waals surface area contributed by atoms with Crippen LogP contribution in [0.1, 0.15) is 65.5 Å². The zero-order valence-corrected chi connectivity index (χ0v) is 16.9. The van der Waals surface area contributed by atoms with E-state index >= 15 is 0 Å². The summed E-state index contributed by atoms with van der Waals surface area (Å²) in [5.74, 6) is -0.425. The first-order valence-electron chi connectivity index (χ1n) is 9.48. The molecule has 0 N–H and O–H groups in total. The standard InChI is InChI=1S/C21H34O5/c1-7-8-14-18(21(24-15(2)3)25-16(4)5)26-19(20(22)23-6)17-12-10-9-11-13-17/h9-13,15-16,18-19,21H,7-8,14H2,1-6H3/t18-,19+/m0/s1. The molecule has 5 heteroatoms. The number of hydrogen-bond acceptors (Lipinski definition) is 5. The van der Waals surface area contributed by atoms with Gasteiger partial charge in [-0.25, -0.2) is 4.79 Å². The number of unbranched alkanes of at least 4 members (excludes halogenated alkanes) is 1. The average Bonchev–Trinajstić information content (AvgIpc) is 2.60. The maximum Gasteiger partial charge on any atom is 0.339 e. The topological polar surface area (TPSA) is 54.0 Å². The lowest BCUT2D eigenvalue weighted by molar-refractivity contribution is -0.246. The molecule has 0 unspecified atom stereocenters. The van der Waals surface area contributed by atoms with Crippen LogP contribution >= 0.6 is 0 Å². The van der Waals surface area contributed by atoms with Gasteiger partial charge in [0, 0.05) is 0 Å². The lowest BCUT2D eigenvalue weighted by Gasteiger charge is -2.32. The minimum Gasteiger partial charge on any atom is -0.467 e. The van der Waals surface area contributed by atoms with Crippen molar-refractivity contribution < 1.29 is 23.7 Å². The lowest BCUT2D eigenvalue weighted by Crippen LogP contribution is -2.39. The van der Waals surface area contributed by atoms with Crippen molar-refractivity contribution >= 4 is 5.97 Å². The largest absolute Gasteiger partial charge is 0.467 e. The molecule has 1 rings (SSSR count). The SMILES string of the molecule is CCCC[C@H](O[C@@H](C(=O)OC)c1ccccc1)C(OC(C)C)OC(C)C. The van der Waals surface area contributed by atoms with E-state index in [9.17, 15) is 4.79 Å². The van der Waals surface area contributed by atoms with Gasteiger partial charge in [0.2, 0.25) is 0 Å². The molecule has 0 fully saturated rings. The Kier molecular flexibility index (Phi) is 10.5. The van der Waals surface area contributed by atoms with Crippen LogP contribution in [-0.4, -0.2) is 37.7 Å². The van der Waals surface area contributed by atoms with Gasteiger partial charge in [-0.2, -0.15) is 0 Å². The normalized spacial score (nSPS) is 14.0. The highest BCUT2D eigenvalue weighted by molar-refractivity contribution is 5.76. The molecule has 0 heterocycles. The van der Waals surface area contributed by atoms with E-state index < -0.39 is 18.4 Å². The van der Waals surface area contributed by atoms with Crippen LogP contribution < -0.4 is 0 Å². The molecule has 26 heavy (non-hydrogen) atoms.